The molecule has 1 heterocycles. The van der Waals surface area contributed by atoms with Gasteiger partial charge in [0, 0.05) is 39.9 Å². The first kappa shape index (κ1) is 18.9. The number of methoxy groups -OCH3 is 2. The van der Waals surface area contributed by atoms with Gasteiger partial charge in [-0.15, -0.1) is 0 Å². The summed E-state index contributed by atoms with van der Waals surface area (Å²) in [4.78, 5) is 24.1. The van der Waals surface area contributed by atoms with E-state index in [9.17, 15) is 14.9 Å². The van der Waals surface area contributed by atoms with Crippen LogP contribution in [0, 0.1) is 10.1 Å². The normalized spacial score (nSPS) is 16.2. The number of carbonyl (C=O) groups excluding carboxylic acids is 1. The molecule has 31 heavy (non-hydrogen) atoms. The van der Waals surface area contributed by atoms with Gasteiger partial charge in [0.25, 0.3) is 5.69 Å². The van der Waals surface area contributed by atoms with E-state index in [0.717, 1.165) is 0 Å². The molecule has 3 aromatic carbocycles. The molecule has 0 aromatic heterocycles. The SMILES string of the molecule is COc1cc2c(cc1OC)[C@@H](c1cccc([N+](=O)[O-])c1)OC1=C2C(=O)c2ccccc21. The van der Waals surface area contributed by atoms with Gasteiger partial charge in [0.15, 0.2) is 17.3 Å². The van der Waals surface area contributed by atoms with Crippen molar-refractivity contribution in [1.82, 2.24) is 0 Å². The lowest BCUT2D eigenvalue weighted by Crippen LogP contribution is -2.15. The Balaban J connectivity index is 1.77. The summed E-state index contributed by atoms with van der Waals surface area (Å²) in [5.74, 6) is 1.30. The average molecular weight is 415 g/mol. The van der Waals surface area contributed by atoms with Crippen LogP contribution in [0.2, 0.25) is 0 Å². The number of carbonyl (C=O) groups is 1. The van der Waals surface area contributed by atoms with Crippen LogP contribution >= 0.6 is 0 Å². The third-order valence-electron chi connectivity index (χ3n) is 5.60. The molecule has 1 atom stereocenters. The molecule has 1 aliphatic carbocycles. The van der Waals surface area contributed by atoms with Crippen LogP contribution in [0.5, 0.6) is 11.5 Å². The maximum Gasteiger partial charge on any atom is 0.269 e. The lowest BCUT2D eigenvalue weighted by Gasteiger charge is -2.29. The minimum atomic E-state index is -0.660. The number of hydrogen-bond donors (Lipinski definition) is 0. The minimum absolute atomic E-state index is 0.0363. The van der Waals surface area contributed by atoms with E-state index in [1.165, 1.54) is 26.4 Å². The van der Waals surface area contributed by atoms with Gasteiger partial charge in [0.05, 0.1) is 24.7 Å². The molecule has 0 saturated heterocycles. The van der Waals surface area contributed by atoms with Crippen LogP contribution in [0.4, 0.5) is 5.69 Å². The topological polar surface area (TPSA) is 87.9 Å². The molecule has 154 valence electrons. The fourth-order valence-electron chi connectivity index (χ4n) is 4.18. The second-order valence-corrected chi connectivity index (χ2v) is 7.22. The van der Waals surface area contributed by atoms with E-state index in [0.29, 0.717) is 50.6 Å². The highest BCUT2D eigenvalue weighted by Crippen LogP contribution is 2.51. The van der Waals surface area contributed by atoms with Crippen LogP contribution in [0.1, 0.15) is 38.7 Å². The van der Waals surface area contributed by atoms with Crippen molar-refractivity contribution in [3.8, 4) is 11.5 Å². The van der Waals surface area contributed by atoms with Crippen LogP contribution in [0.25, 0.3) is 11.3 Å². The third-order valence-corrected chi connectivity index (χ3v) is 5.60. The summed E-state index contributed by atoms with van der Waals surface area (Å²) in [7, 11) is 3.06. The van der Waals surface area contributed by atoms with Crippen molar-refractivity contribution < 1.29 is 23.9 Å². The molecule has 0 spiro atoms. The lowest BCUT2D eigenvalue weighted by atomic mass is 9.88. The molecule has 3 aromatic rings. The monoisotopic (exact) mass is 415 g/mol. The van der Waals surface area contributed by atoms with E-state index < -0.39 is 11.0 Å². The van der Waals surface area contributed by atoms with Crippen molar-refractivity contribution in [2.45, 2.75) is 6.10 Å². The van der Waals surface area contributed by atoms with E-state index in [1.54, 1.807) is 30.3 Å². The van der Waals surface area contributed by atoms with Gasteiger partial charge in [0.2, 0.25) is 0 Å². The maximum atomic E-state index is 13.2. The zero-order valence-corrected chi connectivity index (χ0v) is 16.7. The maximum absolute atomic E-state index is 13.2. The zero-order valence-electron chi connectivity index (χ0n) is 16.7. The minimum Gasteiger partial charge on any atom is -0.493 e. The van der Waals surface area contributed by atoms with Gasteiger partial charge in [-0.3, -0.25) is 14.9 Å². The number of benzene rings is 3. The Morgan fingerprint density at radius 2 is 1.61 bits per heavy atom. The number of allylic oxidation sites excluding steroid dienone is 1. The highest BCUT2D eigenvalue weighted by molar-refractivity contribution is 6.39. The highest BCUT2D eigenvalue weighted by Gasteiger charge is 2.40. The van der Waals surface area contributed by atoms with Crippen molar-refractivity contribution in [2.75, 3.05) is 14.2 Å². The summed E-state index contributed by atoms with van der Waals surface area (Å²) in [5.41, 5.74) is 3.64. The summed E-state index contributed by atoms with van der Waals surface area (Å²) in [6.45, 7) is 0. The van der Waals surface area contributed by atoms with Gasteiger partial charge in [-0.1, -0.05) is 36.4 Å². The van der Waals surface area contributed by atoms with Gasteiger partial charge in [-0.2, -0.15) is 0 Å². The number of hydrogen-bond acceptors (Lipinski definition) is 6. The second kappa shape index (κ2) is 6.98. The number of fused-ring (bicyclic) bond motifs is 4. The molecule has 2 aliphatic rings. The molecule has 0 unspecified atom stereocenters. The number of rotatable bonds is 4. The molecule has 7 nitrogen and oxygen atoms in total. The first-order chi connectivity index (χ1) is 15.0. The van der Waals surface area contributed by atoms with Crippen molar-refractivity contribution in [2.24, 2.45) is 0 Å². The second-order valence-electron chi connectivity index (χ2n) is 7.22. The van der Waals surface area contributed by atoms with Gasteiger partial charge in [-0.05, 0) is 12.1 Å². The molecule has 0 fully saturated rings. The number of nitro groups is 1. The predicted molar refractivity (Wildman–Crippen MR) is 113 cm³/mol. The Morgan fingerprint density at radius 1 is 0.903 bits per heavy atom. The third kappa shape index (κ3) is 2.78. The van der Waals surface area contributed by atoms with Crippen molar-refractivity contribution >= 4 is 22.8 Å². The van der Waals surface area contributed by atoms with Gasteiger partial charge in [-0.25, -0.2) is 0 Å². The number of ketones is 1. The highest BCUT2D eigenvalue weighted by atomic mass is 16.6. The van der Waals surface area contributed by atoms with Crippen molar-refractivity contribution in [1.29, 1.82) is 0 Å². The molecule has 0 N–H and O–H groups in total. The fraction of sp³-hybridized carbons (Fsp3) is 0.125. The number of Topliss-reactive ketones (excluding diaryl/α,β-unsaturated/α-hetero) is 1. The first-order valence-electron chi connectivity index (χ1n) is 9.59. The quantitative estimate of drug-likeness (QED) is 0.449. The summed E-state index contributed by atoms with van der Waals surface area (Å²) in [6, 6.07) is 17.1. The van der Waals surface area contributed by atoms with Crippen molar-refractivity contribution in [3.63, 3.8) is 0 Å². The molecule has 7 heteroatoms. The van der Waals surface area contributed by atoms with Crippen molar-refractivity contribution in [3.05, 3.63) is 98.6 Å². The molecule has 0 radical (unpaired) electrons. The van der Waals surface area contributed by atoms with Crippen LogP contribution in [0.3, 0.4) is 0 Å². The first-order valence-corrected chi connectivity index (χ1v) is 9.59. The van der Waals surface area contributed by atoms with Crippen LogP contribution in [0.15, 0.2) is 60.7 Å². The molecule has 0 amide bonds. The zero-order chi connectivity index (χ0) is 21.7. The summed E-state index contributed by atoms with van der Waals surface area (Å²) >= 11 is 0. The number of non-ortho nitro benzene ring substituents is 1. The summed E-state index contributed by atoms with van der Waals surface area (Å²) in [6.07, 6.45) is -0.660. The van der Waals surface area contributed by atoms with Crippen LogP contribution in [-0.4, -0.2) is 24.9 Å². The Morgan fingerprint density at radius 3 is 2.32 bits per heavy atom. The molecule has 5 rings (SSSR count). The Labute approximate surface area is 177 Å². The number of ether oxygens (including phenoxy) is 3. The van der Waals surface area contributed by atoms with E-state index in [4.69, 9.17) is 14.2 Å². The van der Waals surface area contributed by atoms with E-state index in [-0.39, 0.29) is 11.5 Å². The fourth-order valence-corrected chi connectivity index (χ4v) is 4.18. The van der Waals surface area contributed by atoms with E-state index >= 15 is 0 Å². The largest absolute Gasteiger partial charge is 0.493 e. The Bertz CT molecular complexity index is 1290. The average Bonchev–Trinajstić information content (AvgIpc) is 3.09. The molecular formula is C24H17NO6. The summed E-state index contributed by atoms with van der Waals surface area (Å²) in [5, 5.41) is 11.3. The standard InChI is InChI=1S/C24H17NO6/c1-29-19-11-17-18(12-20(19)30-2)23(13-6-5-7-14(10-13)25(27)28)31-24-16-9-4-3-8-15(16)22(26)21(17)24/h3-12,23H,1-2H3/t23-/m1/s1. The van der Waals surface area contributed by atoms with Crippen LogP contribution in [-0.2, 0) is 4.74 Å². The molecule has 0 saturated carbocycles. The van der Waals surface area contributed by atoms with Gasteiger partial charge < -0.3 is 14.2 Å². The van der Waals surface area contributed by atoms with Crippen LogP contribution < -0.4 is 9.47 Å². The number of nitro benzene ring substituents is 1. The molecule has 1 aliphatic heterocycles. The van der Waals surface area contributed by atoms with E-state index in [1.807, 2.05) is 18.2 Å². The Kier molecular flexibility index (Phi) is 4.25. The number of nitrogens with zero attached hydrogens (tertiary/aromatic N) is 1. The smallest absolute Gasteiger partial charge is 0.269 e. The lowest BCUT2D eigenvalue weighted by molar-refractivity contribution is -0.385. The Hall–Kier alpha value is -4.13. The predicted octanol–water partition coefficient (Wildman–Crippen LogP) is 4.80. The molecular weight excluding hydrogens is 398 g/mol. The van der Waals surface area contributed by atoms with E-state index in [2.05, 4.69) is 0 Å². The molecule has 0 bridgehead atoms. The van der Waals surface area contributed by atoms with Gasteiger partial charge >= 0.3 is 0 Å². The van der Waals surface area contributed by atoms with Gasteiger partial charge in [0.1, 0.15) is 11.9 Å². The summed E-state index contributed by atoms with van der Waals surface area (Å²) < 4.78 is 17.3.